The molecule has 0 fully saturated rings. The highest BCUT2D eigenvalue weighted by atomic mass is 35.5. The molecule has 152 valence electrons. The molecular formula is C21H20Cl2N2O3S. The van der Waals surface area contributed by atoms with Crippen LogP contribution in [-0.2, 0) is 21.4 Å². The normalized spacial score (nSPS) is 11.7. The number of carbonyl (C=O) groups is 1. The first kappa shape index (κ1) is 21.6. The van der Waals surface area contributed by atoms with Gasteiger partial charge in [-0.15, -0.1) is 0 Å². The van der Waals surface area contributed by atoms with Crippen LogP contribution >= 0.6 is 23.2 Å². The molecule has 3 rings (SSSR count). The molecule has 0 bridgehead atoms. The van der Waals surface area contributed by atoms with E-state index in [-0.39, 0.29) is 24.5 Å². The fraction of sp³-hybridized carbons (Fsp3) is 0.190. The van der Waals surface area contributed by atoms with Crippen molar-refractivity contribution < 1.29 is 13.2 Å². The summed E-state index contributed by atoms with van der Waals surface area (Å²) < 4.78 is 27.2. The van der Waals surface area contributed by atoms with E-state index >= 15 is 0 Å². The molecule has 0 aliphatic carbocycles. The largest absolute Gasteiger partial charge is 0.351 e. The van der Waals surface area contributed by atoms with Crippen molar-refractivity contribution in [3.8, 4) is 0 Å². The number of fused-ring (bicyclic) bond motifs is 1. The number of benzene rings is 3. The van der Waals surface area contributed by atoms with Crippen LogP contribution in [0.3, 0.4) is 0 Å². The summed E-state index contributed by atoms with van der Waals surface area (Å²) in [6.07, 6.45) is 0. The molecule has 0 spiro atoms. The van der Waals surface area contributed by atoms with Crippen molar-refractivity contribution in [2.75, 3.05) is 13.1 Å². The fourth-order valence-corrected chi connectivity index (χ4v) is 4.84. The molecule has 0 saturated carbocycles. The van der Waals surface area contributed by atoms with Crippen molar-refractivity contribution in [3.63, 3.8) is 0 Å². The minimum atomic E-state index is -3.81. The van der Waals surface area contributed by atoms with E-state index in [1.165, 1.54) is 0 Å². The van der Waals surface area contributed by atoms with Gasteiger partial charge in [-0.25, -0.2) is 8.42 Å². The Morgan fingerprint density at radius 3 is 2.41 bits per heavy atom. The lowest BCUT2D eigenvalue weighted by atomic mass is 10.1. The van der Waals surface area contributed by atoms with E-state index in [9.17, 15) is 13.2 Å². The van der Waals surface area contributed by atoms with Crippen molar-refractivity contribution in [2.24, 2.45) is 0 Å². The van der Waals surface area contributed by atoms with Gasteiger partial charge in [-0.1, -0.05) is 66.5 Å². The molecule has 0 saturated heterocycles. The maximum atomic E-state index is 13.0. The predicted molar refractivity (Wildman–Crippen MR) is 117 cm³/mol. The van der Waals surface area contributed by atoms with Crippen LogP contribution < -0.4 is 5.32 Å². The molecule has 0 atom stereocenters. The Kier molecular flexibility index (Phi) is 6.80. The zero-order chi connectivity index (χ0) is 21.0. The Bertz CT molecular complexity index is 1150. The first-order chi connectivity index (χ1) is 13.8. The maximum absolute atomic E-state index is 13.0. The molecular weight excluding hydrogens is 431 g/mol. The van der Waals surface area contributed by atoms with Crippen LogP contribution in [0.25, 0.3) is 10.8 Å². The summed E-state index contributed by atoms with van der Waals surface area (Å²) in [6, 6.07) is 17.5. The van der Waals surface area contributed by atoms with E-state index in [1.54, 1.807) is 43.3 Å². The van der Waals surface area contributed by atoms with E-state index in [0.717, 1.165) is 15.1 Å². The van der Waals surface area contributed by atoms with Gasteiger partial charge in [-0.3, -0.25) is 4.79 Å². The second-order valence-corrected chi connectivity index (χ2v) is 9.23. The molecule has 29 heavy (non-hydrogen) atoms. The Hall–Kier alpha value is -2.12. The van der Waals surface area contributed by atoms with E-state index in [1.807, 2.05) is 24.3 Å². The van der Waals surface area contributed by atoms with E-state index in [4.69, 9.17) is 23.2 Å². The number of likely N-dealkylation sites (N-methyl/N-ethyl adjacent to an activating group) is 1. The molecule has 0 aliphatic heterocycles. The molecule has 0 heterocycles. The van der Waals surface area contributed by atoms with Crippen molar-refractivity contribution in [2.45, 2.75) is 18.4 Å². The van der Waals surface area contributed by atoms with Crippen molar-refractivity contribution in [3.05, 3.63) is 76.3 Å². The molecule has 8 heteroatoms. The summed E-state index contributed by atoms with van der Waals surface area (Å²) in [5, 5.41) is 5.42. The summed E-state index contributed by atoms with van der Waals surface area (Å²) in [7, 11) is -3.81. The molecule has 1 N–H and O–H groups in total. The van der Waals surface area contributed by atoms with Crippen LogP contribution in [0.4, 0.5) is 0 Å². The molecule has 1 amide bonds. The zero-order valence-corrected chi connectivity index (χ0v) is 18.1. The van der Waals surface area contributed by atoms with Gasteiger partial charge in [0.25, 0.3) is 0 Å². The third kappa shape index (κ3) is 5.08. The number of hydrogen-bond donors (Lipinski definition) is 1. The van der Waals surface area contributed by atoms with Gasteiger partial charge >= 0.3 is 0 Å². The standard InChI is InChI=1S/C21H20Cl2N2O3S/c1-2-25(14-21(26)24-13-17-7-9-18(22)12-20(17)23)29(27,28)19-10-8-15-5-3-4-6-16(15)11-19/h3-12H,2,13-14H2,1H3,(H,24,26). The molecule has 0 aromatic heterocycles. The lowest BCUT2D eigenvalue weighted by Crippen LogP contribution is -2.40. The van der Waals surface area contributed by atoms with Gasteiger partial charge in [0, 0.05) is 23.1 Å². The van der Waals surface area contributed by atoms with E-state index < -0.39 is 15.9 Å². The topological polar surface area (TPSA) is 66.5 Å². The summed E-state index contributed by atoms with van der Waals surface area (Å²) in [5.74, 6) is -0.415. The van der Waals surface area contributed by atoms with Crippen LogP contribution in [0.1, 0.15) is 12.5 Å². The Morgan fingerprint density at radius 1 is 1.00 bits per heavy atom. The zero-order valence-electron chi connectivity index (χ0n) is 15.7. The first-order valence-corrected chi connectivity index (χ1v) is 11.2. The minimum Gasteiger partial charge on any atom is -0.351 e. The highest BCUT2D eigenvalue weighted by Crippen LogP contribution is 2.22. The second kappa shape index (κ2) is 9.13. The van der Waals surface area contributed by atoms with Crippen LogP contribution in [0, 0.1) is 0 Å². The van der Waals surface area contributed by atoms with Crippen LogP contribution in [-0.4, -0.2) is 31.7 Å². The monoisotopic (exact) mass is 450 g/mol. The van der Waals surface area contributed by atoms with Gasteiger partial charge in [0.2, 0.25) is 15.9 Å². The first-order valence-electron chi connectivity index (χ1n) is 9.01. The summed E-state index contributed by atoms with van der Waals surface area (Å²) in [4.78, 5) is 12.5. The van der Waals surface area contributed by atoms with Gasteiger partial charge in [0.1, 0.15) is 0 Å². The van der Waals surface area contributed by atoms with Crippen molar-refractivity contribution in [1.82, 2.24) is 9.62 Å². The van der Waals surface area contributed by atoms with Gasteiger partial charge in [0.15, 0.2) is 0 Å². The number of rotatable bonds is 7. The van der Waals surface area contributed by atoms with Crippen molar-refractivity contribution >= 4 is 49.9 Å². The number of nitrogens with zero attached hydrogens (tertiary/aromatic N) is 1. The number of nitrogens with one attached hydrogen (secondary N) is 1. The Labute approximate surface area is 180 Å². The second-order valence-electron chi connectivity index (χ2n) is 6.45. The van der Waals surface area contributed by atoms with Crippen molar-refractivity contribution in [1.29, 1.82) is 0 Å². The quantitative estimate of drug-likeness (QED) is 0.576. The van der Waals surface area contributed by atoms with E-state index in [2.05, 4.69) is 5.32 Å². The smallest absolute Gasteiger partial charge is 0.243 e. The average molecular weight is 451 g/mol. The average Bonchev–Trinajstić information content (AvgIpc) is 2.70. The molecule has 0 aliphatic rings. The number of carbonyl (C=O) groups excluding carboxylic acids is 1. The van der Waals surface area contributed by atoms with Gasteiger partial charge in [-0.05, 0) is 40.6 Å². The molecule has 0 unspecified atom stereocenters. The Morgan fingerprint density at radius 2 is 1.72 bits per heavy atom. The van der Waals surface area contributed by atoms with Gasteiger partial charge < -0.3 is 5.32 Å². The van der Waals surface area contributed by atoms with Gasteiger partial charge in [0.05, 0.1) is 11.4 Å². The number of amides is 1. The van der Waals surface area contributed by atoms with Crippen LogP contribution in [0.2, 0.25) is 10.0 Å². The SMILES string of the molecule is CCN(CC(=O)NCc1ccc(Cl)cc1Cl)S(=O)(=O)c1ccc2ccccc2c1. The number of sulfonamides is 1. The number of hydrogen-bond acceptors (Lipinski definition) is 3. The minimum absolute atomic E-state index is 0.159. The third-order valence-corrected chi connectivity index (χ3v) is 7.03. The highest BCUT2D eigenvalue weighted by molar-refractivity contribution is 7.89. The highest BCUT2D eigenvalue weighted by Gasteiger charge is 2.25. The molecule has 3 aromatic carbocycles. The lowest BCUT2D eigenvalue weighted by molar-refractivity contribution is -0.121. The molecule has 0 radical (unpaired) electrons. The summed E-state index contributed by atoms with van der Waals surface area (Å²) >= 11 is 12.0. The van der Waals surface area contributed by atoms with Crippen LogP contribution in [0.15, 0.2) is 65.6 Å². The lowest BCUT2D eigenvalue weighted by Gasteiger charge is -2.20. The van der Waals surface area contributed by atoms with Crippen LogP contribution in [0.5, 0.6) is 0 Å². The number of halogens is 2. The predicted octanol–water partition coefficient (Wildman–Crippen LogP) is 4.47. The maximum Gasteiger partial charge on any atom is 0.243 e. The fourth-order valence-electron chi connectivity index (χ4n) is 2.92. The Balaban J connectivity index is 1.72. The summed E-state index contributed by atoms with van der Waals surface area (Å²) in [5.41, 5.74) is 0.699. The van der Waals surface area contributed by atoms with E-state index in [0.29, 0.717) is 15.6 Å². The third-order valence-electron chi connectivity index (χ3n) is 4.52. The van der Waals surface area contributed by atoms with Gasteiger partial charge in [-0.2, -0.15) is 4.31 Å². The summed E-state index contributed by atoms with van der Waals surface area (Å²) in [6.45, 7) is 1.77. The molecule has 5 nitrogen and oxygen atoms in total. The molecule has 3 aromatic rings.